The molecule has 25 heavy (non-hydrogen) atoms. The fourth-order valence-electron chi connectivity index (χ4n) is 1.54. The molecule has 8 nitrogen and oxygen atoms in total. The van der Waals surface area contributed by atoms with E-state index in [2.05, 4.69) is 4.18 Å². The quantitative estimate of drug-likeness (QED) is 0.399. The monoisotopic (exact) mass is 376 g/mol. The average Bonchev–Trinajstić information content (AvgIpc) is 2.56. The second-order valence-corrected chi connectivity index (χ2v) is 7.01. The summed E-state index contributed by atoms with van der Waals surface area (Å²) in [5.74, 6) is -1.22. The van der Waals surface area contributed by atoms with Crippen LogP contribution < -0.4 is 5.73 Å². The van der Waals surface area contributed by atoms with E-state index in [-0.39, 0.29) is 6.73 Å². The number of aliphatic hydroxyl groups is 1. The number of hydrogen-bond donors (Lipinski definition) is 2. The molecule has 0 fully saturated rings. The lowest BCUT2D eigenvalue weighted by Gasteiger charge is -2.15. The molecule has 0 atom stereocenters. The summed E-state index contributed by atoms with van der Waals surface area (Å²) in [5, 5.41) is 8.34. The molecule has 3 N–H and O–H groups in total. The Bertz CT molecular complexity index is 613. The van der Waals surface area contributed by atoms with E-state index in [0.717, 1.165) is 34.0 Å². The molecule has 0 saturated carbocycles. The van der Waals surface area contributed by atoms with Crippen molar-refractivity contribution in [3.8, 4) is 0 Å². The van der Waals surface area contributed by atoms with Crippen molar-refractivity contribution in [1.82, 2.24) is 4.31 Å². The maximum atomic E-state index is 11.3. The first-order chi connectivity index (χ1) is 11.7. The first-order valence-electron chi connectivity index (χ1n) is 7.84. The molecule has 0 aliphatic carbocycles. The third kappa shape index (κ3) is 9.40. The Labute approximate surface area is 149 Å². The van der Waals surface area contributed by atoms with Gasteiger partial charge >= 0.3 is 16.3 Å². The van der Waals surface area contributed by atoms with E-state index in [0.29, 0.717) is 6.61 Å². The minimum atomic E-state index is -4.16. The van der Waals surface area contributed by atoms with Gasteiger partial charge in [0.05, 0.1) is 0 Å². The molecule has 9 heteroatoms. The summed E-state index contributed by atoms with van der Waals surface area (Å²) >= 11 is 0. The minimum Gasteiger partial charge on any atom is -0.398 e. The molecule has 0 spiro atoms. The van der Waals surface area contributed by atoms with Gasteiger partial charge < -0.3 is 19.8 Å². The predicted octanol–water partition coefficient (Wildman–Crippen LogP) is 1.36. The van der Waals surface area contributed by atoms with Crippen molar-refractivity contribution in [2.45, 2.75) is 33.6 Å². The van der Waals surface area contributed by atoms with E-state index in [1.54, 1.807) is 0 Å². The molecule has 0 amide bonds. The molecule has 1 rings (SSSR count). The molecule has 0 unspecified atom stereocenters. The number of hydrogen-bond acceptors (Lipinski definition) is 7. The highest BCUT2D eigenvalue weighted by atomic mass is 32.2. The molecule has 0 radical (unpaired) electrons. The number of nitrogen functional groups attached to an aromatic ring is 1. The number of nitrogens with zero attached hydrogens (tertiary/aromatic N) is 1. The van der Waals surface area contributed by atoms with Crippen LogP contribution in [-0.4, -0.2) is 50.8 Å². The number of aryl methyl sites for hydroxylation is 2. The van der Waals surface area contributed by atoms with Crippen molar-refractivity contribution in [2.24, 2.45) is 0 Å². The summed E-state index contributed by atoms with van der Waals surface area (Å²) < 4.78 is 32.3. The van der Waals surface area contributed by atoms with Crippen LogP contribution in [0.25, 0.3) is 0 Å². The molecule has 0 heterocycles. The summed E-state index contributed by atoms with van der Waals surface area (Å²) in [4.78, 5) is 10.6. The van der Waals surface area contributed by atoms with Gasteiger partial charge in [-0.3, -0.25) is 0 Å². The number of carbonyl (C=O) groups is 1. The normalized spacial score (nSPS) is 11.0. The van der Waals surface area contributed by atoms with Crippen LogP contribution in [0.2, 0.25) is 0 Å². The number of carbonyl (C=O) groups excluding carboxylic acids is 1. The predicted molar refractivity (Wildman–Crippen MR) is 95.9 cm³/mol. The van der Waals surface area contributed by atoms with Gasteiger partial charge in [-0.15, -0.1) is 4.31 Å². The SMILES string of the molecule is CCCCOCN(C)S(=O)(=O)OC(=O)CO.Cc1cccc(C)c1N. The van der Waals surface area contributed by atoms with E-state index in [1.807, 2.05) is 39.0 Å². The zero-order valence-corrected chi connectivity index (χ0v) is 16.0. The van der Waals surface area contributed by atoms with Gasteiger partial charge in [0.15, 0.2) is 0 Å². The zero-order chi connectivity index (χ0) is 19.5. The van der Waals surface area contributed by atoms with Gasteiger partial charge in [-0.2, -0.15) is 8.42 Å². The van der Waals surface area contributed by atoms with Crippen molar-refractivity contribution in [3.63, 3.8) is 0 Å². The van der Waals surface area contributed by atoms with Crippen LogP contribution in [-0.2, 0) is 24.0 Å². The highest BCUT2D eigenvalue weighted by Crippen LogP contribution is 2.13. The molecule has 0 bridgehead atoms. The molecular weight excluding hydrogens is 348 g/mol. The third-order valence-electron chi connectivity index (χ3n) is 3.17. The lowest BCUT2D eigenvalue weighted by molar-refractivity contribution is -0.137. The van der Waals surface area contributed by atoms with Crippen LogP contribution in [0, 0.1) is 13.8 Å². The van der Waals surface area contributed by atoms with E-state index >= 15 is 0 Å². The maximum Gasteiger partial charge on any atom is 0.389 e. The van der Waals surface area contributed by atoms with Crippen molar-refractivity contribution in [2.75, 3.05) is 32.7 Å². The number of nitrogens with two attached hydrogens (primary N) is 1. The molecule has 0 aliphatic rings. The maximum absolute atomic E-state index is 11.3. The fraction of sp³-hybridized carbons (Fsp3) is 0.562. The van der Waals surface area contributed by atoms with E-state index < -0.39 is 22.9 Å². The van der Waals surface area contributed by atoms with Crippen LogP contribution in [0.5, 0.6) is 0 Å². The van der Waals surface area contributed by atoms with Crippen molar-refractivity contribution >= 4 is 22.0 Å². The smallest absolute Gasteiger partial charge is 0.389 e. The molecular formula is C16H28N2O6S. The second kappa shape index (κ2) is 11.8. The van der Waals surface area contributed by atoms with Gasteiger partial charge in [0.1, 0.15) is 13.3 Å². The molecule has 0 aromatic heterocycles. The lowest BCUT2D eigenvalue weighted by atomic mass is 10.1. The van der Waals surface area contributed by atoms with Gasteiger partial charge in [0, 0.05) is 19.3 Å². The van der Waals surface area contributed by atoms with Gasteiger partial charge in [-0.1, -0.05) is 31.5 Å². The second-order valence-electron chi connectivity index (χ2n) is 5.37. The number of ether oxygens (including phenoxy) is 1. The summed E-state index contributed by atoms with van der Waals surface area (Å²) in [5.41, 5.74) is 8.92. The molecule has 1 aromatic carbocycles. The van der Waals surface area contributed by atoms with E-state index in [4.69, 9.17) is 15.6 Å². The van der Waals surface area contributed by atoms with Crippen LogP contribution in [0.1, 0.15) is 30.9 Å². The summed E-state index contributed by atoms with van der Waals surface area (Å²) in [6, 6.07) is 6.05. The number of anilines is 1. The van der Waals surface area contributed by atoms with Crippen LogP contribution in [0.15, 0.2) is 18.2 Å². The first-order valence-corrected chi connectivity index (χ1v) is 9.21. The Hall–Kier alpha value is -1.68. The number of rotatable bonds is 8. The Morgan fingerprint density at radius 1 is 1.28 bits per heavy atom. The Morgan fingerprint density at radius 3 is 2.28 bits per heavy atom. The standard InChI is InChI=1S/C8H17NO6S.C8H11N/c1-3-4-5-14-7-9(2)16(12,13)15-8(11)6-10;1-6-4-3-5-7(2)8(6)9/h10H,3-7H2,1-2H3;3-5H,9H2,1-2H3. The largest absolute Gasteiger partial charge is 0.398 e. The average molecular weight is 376 g/mol. The Morgan fingerprint density at radius 2 is 1.84 bits per heavy atom. The van der Waals surface area contributed by atoms with Gasteiger partial charge in [-0.25, -0.2) is 4.79 Å². The number of aliphatic hydroxyl groups excluding tert-OH is 1. The summed E-state index contributed by atoms with van der Waals surface area (Å²) in [7, 11) is -2.95. The van der Waals surface area contributed by atoms with Gasteiger partial charge in [0.25, 0.3) is 0 Å². The molecule has 0 saturated heterocycles. The first kappa shape index (κ1) is 23.3. The highest BCUT2D eigenvalue weighted by Gasteiger charge is 2.22. The number of benzene rings is 1. The van der Waals surface area contributed by atoms with Crippen LogP contribution >= 0.6 is 0 Å². The minimum absolute atomic E-state index is 0.193. The highest BCUT2D eigenvalue weighted by molar-refractivity contribution is 7.84. The lowest BCUT2D eigenvalue weighted by Crippen LogP contribution is -2.33. The van der Waals surface area contributed by atoms with Crippen molar-refractivity contribution in [3.05, 3.63) is 29.3 Å². The zero-order valence-electron chi connectivity index (χ0n) is 15.2. The molecule has 144 valence electrons. The van der Waals surface area contributed by atoms with Crippen LogP contribution in [0.4, 0.5) is 5.69 Å². The summed E-state index contributed by atoms with van der Waals surface area (Å²) in [6.45, 7) is 5.27. The van der Waals surface area contributed by atoms with Crippen molar-refractivity contribution < 1.29 is 27.2 Å². The van der Waals surface area contributed by atoms with Crippen molar-refractivity contribution in [1.29, 1.82) is 0 Å². The Balaban J connectivity index is 0.000000535. The van der Waals surface area contributed by atoms with E-state index in [9.17, 15) is 13.2 Å². The topological polar surface area (TPSA) is 119 Å². The number of unbranched alkanes of at least 4 members (excludes halogenated alkanes) is 1. The van der Waals surface area contributed by atoms with E-state index in [1.165, 1.54) is 7.05 Å². The Kier molecular flexibility index (Phi) is 11.0. The van der Waals surface area contributed by atoms with Gasteiger partial charge in [-0.05, 0) is 31.4 Å². The molecule has 1 aromatic rings. The fourth-order valence-corrected chi connectivity index (χ4v) is 2.16. The third-order valence-corrected chi connectivity index (χ3v) is 4.43. The number of para-hydroxylation sites is 1. The summed E-state index contributed by atoms with van der Waals surface area (Å²) in [6.07, 6.45) is 1.76. The molecule has 0 aliphatic heterocycles. The van der Waals surface area contributed by atoms with Crippen LogP contribution in [0.3, 0.4) is 0 Å². The van der Waals surface area contributed by atoms with Gasteiger partial charge in [0.2, 0.25) is 0 Å².